The third-order valence-corrected chi connectivity index (χ3v) is 2.40. The van der Waals surface area contributed by atoms with Gasteiger partial charge in [-0.25, -0.2) is 0 Å². The van der Waals surface area contributed by atoms with E-state index in [1.54, 1.807) is 0 Å². The lowest BCUT2D eigenvalue weighted by Gasteiger charge is -2.02. The first-order valence-corrected chi connectivity index (χ1v) is 4.24. The zero-order chi connectivity index (χ0) is 7.40. The average Bonchev–Trinajstić information content (AvgIpc) is 2.05. The maximum Gasteiger partial charge on any atom is 0.0908 e. The molecule has 1 aromatic carbocycles. The lowest BCUT2D eigenvalue weighted by atomic mass is 10.2. The highest BCUT2D eigenvalue weighted by molar-refractivity contribution is 9.09. The summed E-state index contributed by atoms with van der Waals surface area (Å²) in [6, 6.07) is 10.3. The fourth-order valence-electron chi connectivity index (χ4n) is 0.829. The Kier molecular flexibility index (Phi) is 5.56. The van der Waals surface area contributed by atoms with Gasteiger partial charge in [0.05, 0.1) is 11.4 Å². The van der Waals surface area contributed by atoms with Crippen LogP contribution in [-0.2, 0) is 0 Å². The molecule has 62 valence electrons. The Morgan fingerprint density at radius 3 is 2.27 bits per heavy atom. The molecule has 1 rings (SSSR count). The van der Waals surface area contributed by atoms with Crippen molar-refractivity contribution in [2.24, 2.45) is 0 Å². The van der Waals surface area contributed by atoms with E-state index in [1.807, 2.05) is 18.2 Å². The quantitative estimate of drug-likeness (QED) is 0.597. The molecule has 0 aromatic heterocycles. The fraction of sp³-hybridized carbons (Fsp3) is 0.250. The van der Waals surface area contributed by atoms with Gasteiger partial charge in [0.25, 0.3) is 0 Å². The molecular formula is C8H11BrClN. The van der Waals surface area contributed by atoms with E-state index in [4.69, 9.17) is 0 Å². The normalized spacial score (nSPS) is 11.8. The SMILES string of the molecule is [Cl-].[NH3+]CC(Br)c1ccccc1. The van der Waals surface area contributed by atoms with Crippen LogP contribution in [-0.4, -0.2) is 6.54 Å². The number of hydrogen-bond donors (Lipinski definition) is 1. The minimum atomic E-state index is 0. The van der Waals surface area contributed by atoms with E-state index in [9.17, 15) is 0 Å². The van der Waals surface area contributed by atoms with Crippen molar-refractivity contribution in [2.45, 2.75) is 4.83 Å². The van der Waals surface area contributed by atoms with Gasteiger partial charge in [0.2, 0.25) is 0 Å². The van der Waals surface area contributed by atoms with Crippen molar-refractivity contribution in [1.29, 1.82) is 0 Å². The van der Waals surface area contributed by atoms with Crippen LogP contribution in [0.3, 0.4) is 0 Å². The third-order valence-electron chi connectivity index (χ3n) is 1.41. The van der Waals surface area contributed by atoms with Crippen LogP contribution in [0, 0.1) is 0 Å². The number of benzene rings is 1. The monoisotopic (exact) mass is 235 g/mol. The summed E-state index contributed by atoms with van der Waals surface area (Å²) in [6.07, 6.45) is 0. The minimum absolute atomic E-state index is 0. The highest BCUT2D eigenvalue weighted by Crippen LogP contribution is 2.19. The Hall–Kier alpha value is -0.0500. The molecule has 0 aliphatic heterocycles. The second kappa shape index (κ2) is 5.58. The van der Waals surface area contributed by atoms with Gasteiger partial charge >= 0.3 is 0 Å². The van der Waals surface area contributed by atoms with Gasteiger partial charge < -0.3 is 18.1 Å². The van der Waals surface area contributed by atoms with E-state index in [0.29, 0.717) is 4.83 Å². The lowest BCUT2D eigenvalue weighted by Crippen LogP contribution is -3.00. The standard InChI is InChI=1S/C8H10BrN.ClH/c9-8(6-10)7-4-2-1-3-5-7;/h1-5,8H,6,10H2;1H. The van der Waals surface area contributed by atoms with E-state index in [0.717, 1.165) is 6.54 Å². The largest absolute Gasteiger partial charge is 1.00 e. The van der Waals surface area contributed by atoms with Gasteiger partial charge in [-0.2, -0.15) is 0 Å². The molecule has 0 saturated carbocycles. The van der Waals surface area contributed by atoms with Crippen LogP contribution in [0.15, 0.2) is 30.3 Å². The molecule has 1 aromatic rings. The van der Waals surface area contributed by atoms with Crippen LogP contribution in [0.5, 0.6) is 0 Å². The molecule has 1 unspecified atom stereocenters. The number of quaternary nitrogens is 1. The Morgan fingerprint density at radius 2 is 1.82 bits per heavy atom. The topological polar surface area (TPSA) is 27.6 Å². The van der Waals surface area contributed by atoms with Gasteiger partial charge in [-0.05, 0) is 5.56 Å². The summed E-state index contributed by atoms with van der Waals surface area (Å²) in [7, 11) is 0. The van der Waals surface area contributed by atoms with Crippen molar-refractivity contribution in [3.05, 3.63) is 35.9 Å². The van der Waals surface area contributed by atoms with E-state index in [1.165, 1.54) is 5.56 Å². The maximum atomic E-state index is 3.82. The Labute approximate surface area is 81.5 Å². The molecule has 0 heterocycles. The zero-order valence-electron chi connectivity index (χ0n) is 6.13. The number of halogens is 2. The van der Waals surface area contributed by atoms with Crippen molar-refractivity contribution >= 4 is 15.9 Å². The van der Waals surface area contributed by atoms with E-state index < -0.39 is 0 Å². The molecule has 1 atom stereocenters. The predicted octanol–water partition coefficient (Wildman–Crippen LogP) is -1.63. The second-order valence-electron chi connectivity index (χ2n) is 2.17. The molecule has 0 radical (unpaired) electrons. The van der Waals surface area contributed by atoms with E-state index >= 15 is 0 Å². The zero-order valence-corrected chi connectivity index (χ0v) is 8.48. The highest BCUT2D eigenvalue weighted by atomic mass is 79.9. The third kappa shape index (κ3) is 3.23. The van der Waals surface area contributed by atoms with E-state index in [2.05, 4.69) is 33.8 Å². The summed E-state index contributed by atoms with van der Waals surface area (Å²) >= 11 is 3.52. The minimum Gasteiger partial charge on any atom is -1.00 e. The summed E-state index contributed by atoms with van der Waals surface area (Å²) in [5.74, 6) is 0. The first-order valence-electron chi connectivity index (χ1n) is 3.33. The molecule has 1 nitrogen and oxygen atoms in total. The van der Waals surface area contributed by atoms with Crippen LogP contribution in [0.1, 0.15) is 10.4 Å². The Balaban J connectivity index is 0.000001000. The highest BCUT2D eigenvalue weighted by Gasteiger charge is 2.03. The predicted molar refractivity (Wildman–Crippen MR) is 45.9 cm³/mol. The molecule has 0 spiro atoms. The summed E-state index contributed by atoms with van der Waals surface area (Å²) in [4.78, 5) is 0.411. The number of hydrogen-bond acceptors (Lipinski definition) is 0. The van der Waals surface area contributed by atoms with E-state index in [-0.39, 0.29) is 12.4 Å². The molecule has 3 N–H and O–H groups in total. The van der Waals surface area contributed by atoms with Crippen molar-refractivity contribution in [3.8, 4) is 0 Å². The van der Waals surface area contributed by atoms with Crippen LogP contribution >= 0.6 is 15.9 Å². The molecule has 11 heavy (non-hydrogen) atoms. The molecule has 0 aliphatic rings. The maximum absolute atomic E-state index is 3.82. The van der Waals surface area contributed by atoms with Gasteiger partial charge in [0.15, 0.2) is 0 Å². The van der Waals surface area contributed by atoms with Crippen LogP contribution in [0.4, 0.5) is 0 Å². The lowest BCUT2D eigenvalue weighted by molar-refractivity contribution is -0.366. The summed E-state index contributed by atoms with van der Waals surface area (Å²) < 4.78 is 0. The van der Waals surface area contributed by atoms with Gasteiger partial charge in [-0.3, -0.25) is 0 Å². The van der Waals surface area contributed by atoms with Crippen molar-refractivity contribution < 1.29 is 18.1 Å². The molecule has 0 saturated heterocycles. The van der Waals surface area contributed by atoms with Gasteiger partial charge in [0, 0.05) is 0 Å². The first-order chi connectivity index (χ1) is 4.84. The van der Waals surface area contributed by atoms with Crippen LogP contribution in [0.2, 0.25) is 0 Å². The molecular weight excluding hydrogens is 225 g/mol. The number of alkyl halides is 1. The van der Waals surface area contributed by atoms with Gasteiger partial charge in [-0.15, -0.1) is 0 Å². The fourth-order valence-corrected chi connectivity index (χ4v) is 1.13. The molecule has 0 fully saturated rings. The summed E-state index contributed by atoms with van der Waals surface area (Å²) in [6.45, 7) is 0.893. The molecule has 0 bridgehead atoms. The van der Waals surface area contributed by atoms with Crippen molar-refractivity contribution in [1.82, 2.24) is 0 Å². The average molecular weight is 237 g/mol. The smallest absolute Gasteiger partial charge is 0.0908 e. The van der Waals surface area contributed by atoms with Crippen LogP contribution in [0.25, 0.3) is 0 Å². The molecule has 0 aliphatic carbocycles. The molecule has 3 heteroatoms. The van der Waals surface area contributed by atoms with Crippen LogP contribution < -0.4 is 18.1 Å². The van der Waals surface area contributed by atoms with Gasteiger partial charge in [0.1, 0.15) is 0 Å². The van der Waals surface area contributed by atoms with Gasteiger partial charge in [-0.1, -0.05) is 46.3 Å². The molecule has 0 amide bonds. The van der Waals surface area contributed by atoms with Crippen molar-refractivity contribution in [2.75, 3.05) is 6.54 Å². The first kappa shape index (κ1) is 11.0. The summed E-state index contributed by atoms with van der Waals surface area (Å²) in [5, 5.41) is 0. The van der Waals surface area contributed by atoms with Crippen molar-refractivity contribution in [3.63, 3.8) is 0 Å². The Bertz CT molecular complexity index is 191. The Morgan fingerprint density at radius 1 is 1.27 bits per heavy atom. The number of rotatable bonds is 2. The second-order valence-corrected chi connectivity index (χ2v) is 3.27. The summed E-state index contributed by atoms with van der Waals surface area (Å²) in [5.41, 5.74) is 5.12.